The summed E-state index contributed by atoms with van der Waals surface area (Å²) < 4.78 is 1.10. The van der Waals surface area contributed by atoms with Gasteiger partial charge in [0.2, 0.25) is 5.95 Å². The third kappa shape index (κ3) is 4.29. The second-order valence-corrected chi connectivity index (χ2v) is 5.43. The van der Waals surface area contributed by atoms with Crippen LogP contribution in [-0.4, -0.2) is 24.1 Å². The fourth-order valence-electron chi connectivity index (χ4n) is 1.67. The van der Waals surface area contributed by atoms with E-state index in [1.54, 1.807) is 0 Å². The summed E-state index contributed by atoms with van der Waals surface area (Å²) in [5.41, 5.74) is 2.33. The zero-order chi connectivity index (χ0) is 13.7. The van der Waals surface area contributed by atoms with E-state index in [4.69, 9.17) is 0 Å². The monoisotopic (exact) mass is 320 g/mol. The van der Waals surface area contributed by atoms with Gasteiger partial charge in [-0.25, -0.2) is 9.97 Å². The van der Waals surface area contributed by atoms with E-state index < -0.39 is 0 Å². The Morgan fingerprint density at radius 3 is 2.42 bits per heavy atom. The first-order valence-electron chi connectivity index (χ1n) is 6.08. The fraction of sp³-hybridized carbons (Fsp3) is 0.286. The van der Waals surface area contributed by atoms with E-state index in [-0.39, 0.29) is 0 Å². The SMILES string of the molecule is CN(C)c1ncc(CNCc2cccc(Br)c2)cn1. The molecule has 0 radical (unpaired) electrons. The van der Waals surface area contributed by atoms with E-state index >= 15 is 0 Å². The summed E-state index contributed by atoms with van der Waals surface area (Å²) in [6, 6.07) is 8.27. The molecule has 1 heterocycles. The highest BCUT2D eigenvalue weighted by Gasteiger charge is 1.99. The molecule has 1 aromatic carbocycles. The number of anilines is 1. The number of aromatic nitrogens is 2. The molecule has 100 valence electrons. The molecule has 2 aromatic rings. The van der Waals surface area contributed by atoms with Gasteiger partial charge >= 0.3 is 0 Å². The van der Waals surface area contributed by atoms with Crippen LogP contribution in [0.25, 0.3) is 0 Å². The van der Waals surface area contributed by atoms with Gasteiger partial charge < -0.3 is 10.2 Å². The lowest BCUT2D eigenvalue weighted by Crippen LogP contribution is -2.15. The molecule has 0 aliphatic carbocycles. The van der Waals surface area contributed by atoms with E-state index in [1.807, 2.05) is 43.5 Å². The normalized spacial score (nSPS) is 10.5. The van der Waals surface area contributed by atoms with E-state index in [2.05, 4.69) is 43.3 Å². The van der Waals surface area contributed by atoms with Crippen LogP contribution in [0.5, 0.6) is 0 Å². The molecule has 1 N–H and O–H groups in total. The number of hydrogen-bond acceptors (Lipinski definition) is 4. The average molecular weight is 321 g/mol. The third-order valence-corrected chi connectivity index (χ3v) is 3.13. The van der Waals surface area contributed by atoms with Gasteiger partial charge in [0.1, 0.15) is 0 Å². The summed E-state index contributed by atoms with van der Waals surface area (Å²) in [5, 5.41) is 3.38. The lowest BCUT2D eigenvalue weighted by molar-refractivity contribution is 0.688. The van der Waals surface area contributed by atoms with Crippen LogP contribution in [0.4, 0.5) is 5.95 Å². The second-order valence-electron chi connectivity index (χ2n) is 4.52. The topological polar surface area (TPSA) is 41.1 Å². The molecule has 0 unspecified atom stereocenters. The molecule has 1 aromatic heterocycles. The molecule has 4 nitrogen and oxygen atoms in total. The predicted octanol–water partition coefficient (Wildman–Crippen LogP) is 2.59. The summed E-state index contributed by atoms with van der Waals surface area (Å²) >= 11 is 3.47. The Morgan fingerprint density at radius 2 is 1.79 bits per heavy atom. The number of nitrogens with one attached hydrogen (secondary N) is 1. The zero-order valence-corrected chi connectivity index (χ0v) is 12.7. The second kappa shape index (κ2) is 6.63. The van der Waals surface area contributed by atoms with Crippen LogP contribution in [0.2, 0.25) is 0 Å². The maximum atomic E-state index is 4.29. The molecule has 0 spiro atoms. The summed E-state index contributed by atoms with van der Waals surface area (Å²) in [6.07, 6.45) is 3.71. The molecule has 0 saturated heterocycles. The lowest BCUT2D eigenvalue weighted by Gasteiger charge is -2.10. The first-order valence-corrected chi connectivity index (χ1v) is 6.88. The molecular weight excluding hydrogens is 304 g/mol. The highest BCUT2D eigenvalue weighted by molar-refractivity contribution is 9.10. The molecule has 0 atom stereocenters. The van der Waals surface area contributed by atoms with Crippen molar-refractivity contribution in [1.82, 2.24) is 15.3 Å². The zero-order valence-electron chi connectivity index (χ0n) is 11.1. The molecule has 2 rings (SSSR count). The van der Waals surface area contributed by atoms with Gasteiger partial charge in [0.05, 0.1) is 0 Å². The van der Waals surface area contributed by atoms with Gasteiger partial charge in [-0.3, -0.25) is 0 Å². The largest absolute Gasteiger partial charge is 0.347 e. The Morgan fingerprint density at radius 1 is 1.11 bits per heavy atom. The van der Waals surface area contributed by atoms with Crippen LogP contribution in [-0.2, 0) is 13.1 Å². The van der Waals surface area contributed by atoms with Gasteiger partial charge in [0, 0.05) is 49.6 Å². The van der Waals surface area contributed by atoms with Crippen LogP contribution in [0, 0.1) is 0 Å². The highest BCUT2D eigenvalue weighted by Crippen LogP contribution is 2.11. The van der Waals surface area contributed by atoms with Gasteiger partial charge in [-0.15, -0.1) is 0 Å². The molecular formula is C14H17BrN4. The minimum atomic E-state index is 0.732. The number of halogens is 1. The molecule has 5 heteroatoms. The summed E-state index contributed by atoms with van der Waals surface area (Å²) in [7, 11) is 3.86. The quantitative estimate of drug-likeness (QED) is 0.919. The first-order chi connectivity index (χ1) is 9.15. The lowest BCUT2D eigenvalue weighted by atomic mass is 10.2. The van der Waals surface area contributed by atoms with Gasteiger partial charge in [0.15, 0.2) is 0 Å². The molecule has 0 saturated carbocycles. The number of rotatable bonds is 5. The molecule has 0 aliphatic heterocycles. The standard InChI is InChI=1S/C14H17BrN4/c1-19(2)14-17-9-12(10-18-14)8-16-7-11-4-3-5-13(15)6-11/h3-6,9-10,16H,7-8H2,1-2H3. The Hall–Kier alpha value is -1.46. The van der Waals surface area contributed by atoms with Crippen molar-refractivity contribution in [3.05, 3.63) is 52.3 Å². The summed E-state index contributed by atoms with van der Waals surface area (Å²) in [4.78, 5) is 10.5. The predicted molar refractivity (Wildman–Crippen MR) is 81.0 cm³/mol. The van der Waals surface area contributed by atoms with Crippen LogP contribution in [0.3, 0.4) is 0 Å². The molecule has 0 fully saturated rings. The Balaban J connectivity index is 1.85. The first kappa shape index (κ1) is 14.0. The number of hydrogen-bond donors (Lipinski definition) is 1. The molecule has 0 bridgehead atoms. The summed E-state index contributed by atoms with van der Waals surface area (Å²) in [6.45, 7) is 1.59. The van der Waals surface area contributed by atoms with Crippen molar-refractivity contribution in [2.24, 2.45) is 0 Å². The van der Waals surface area contributed by atoms with E-state index in [0.29, 0.717) is 0 Å². The van der Waals surface area contributed by atoms with E-state index in [1.165, 1.54) is 5.56 Å². The minimum absolute atomic E-state index is 0.732. The van der Waals surface area contributed by atoms with Gasteiger partial charge in [0.25, 0.3) is 0 Å². The minimum Gasteiger partial charge on any atom is -0.347 e. The van der Waals surface area contributed by atoms with Crippen molar-refractivity contribution in [1.29, 1.82) is 0 Å². The van der Waals surface area contributed by atoms with Gasteiger partial charge in [-0.1, -0.05) is 28.1 Å². The fourth-order valence-corrected chi connectivity index (χ4v) is 2.11. The third-order valence-electron chi connectivity index (χ3n) is 2.64. The van der Waals surface area contributed by atoms with Crippen LogP contribution in [0.1, 0.15) is 11.1 Å². The van der Waals surface area contributed by atoms with Crippen molar-refractivity contribution in [3.8, 4) is 0 Å². The van der Waals surface area contributed by atoms with E-state index in [9.17, 15) is 0 Å². The number of nitrogens with zero attached hydrogens (tertiary/aromatic N) is 3. The summed E-state index contributed by atoms with van der Waals surface area (Å²) in [5.74, 6) is 0.732. The Labute approximate surface area is 122 Å². The van der Waals surface area contributed by atoms with Crippen LogP contribution < -0.4 is 10.2 Å². The van der Waals surface area contributed by atoms with Crippen molar-refractivity contribution < 1.29 is 0 Å². The van der Waals surface area contributed by atoms with Crippen molar-refractivity contribution >= 4 is 21.9 Å². The average Bonchev–Trinajstić information content (AvgIpc) is 2.39. The maximum Gasteiger partial charge on any atom is 0.224 e. The van der Waals surface area contributed by atoms with Crippen LogP contribution in [0.15, 0.2) is 41.1 Å². The molecule has 19 heavy (non-hydrogen) atoms. The number of benzene rings is 1. The Kier molecular flexibility index (Phi) is 4.87. The Bertz CT molecular complexity index is 525. The van der Waals surface area contributed by atoms with Crippen molar-refractivity contribution in [2.75, 3.05) is 19.0 Å². The maximum absolute atomic E-state index is 4.29. The van der Waals surface area contributed by atoms with Gasteiger partial charge in [-0.2, -0.15) is 0 Å². The highest BCUT2D eigenvalue weighted by atomic mass is 79.9. The van der Waals surface area contributed by atoms with Crippen LogP contribution >= 0.6 is 15.9 Å². The van der Waals surface area contributed by atoms with Gasteiger partial charge in [-0.05, 0) is 17.7 Å². The smallest absolute Gasteiger partial charge is 0.224 e. The van der Waals surface area contributed by atoms with Crippen molar-refractivity contribution in [2.45, 2.75) is 13.1 Å². The molecule has 0 aliphatic rings. The van der Waals surface area contributed by atoms with Crippen molar-refractivity contribution in [3.63, 3.8) is 0 Å². The van der Waals surface area contributed by atoms with E-state index in [0.717, 1.165) is 29.1 Å². The molecule has 0 amide bonds.